The number of hydrogen-bond acceptors (Lipinski definition) is 2. The zero-order chi connectivity index (χ0) is 13.2. The number of aryl methyl sites for hydroxylation is 1. The molecule has 1 unspecified atom stereocenters. The van der Waals surface area contributed by atoms with Crippen molar-refractivity contribution in [3.63, 3.8) is 0 Å². The van der Waals surface area contributed by atoms with E-state index in [-0.39, 0.29) is 11.9 Å². The van der Waals surface area contributed by atoms with Gasteiger partial charge >= 0.3 is 0 Å². The van der Waals surface area contributed by atoms with Crippen LogP contribution in [0.5, 0.6) is 0 Å². The Kier molecular flexibility index (Phi) is 3.88. The van der Waals surface area contributed by atoms with Crippen molar-refractivity contribution >= 4 is 39.8 Å². The van der Waals surface area contributed by atoms with E-state index < -0.39 is 0 Å². The summed E-state index contributed by atoms with van der Waals surface area (Å²) in [5.41, 5.74) is 2.06. The maximum atomic E-state index is 12.3. The number of thiophene rings is 1. The van der Waals surface area contributed by atoms with Crippen LogP contribution in [-0.4, -0.2) is 5.91 Å². The summed E-state index contributed by atoms with van der Waals surface area (Å²) in [5.74, 6) is 0.0302. The smallest absolute Gasteiger partial charge is 0.251 e. The molecule has 2 aromatic rings. The predicted molar refractivity (Wildman–Crippen MR) is 86.6 cm³/mol. The molecule has 4 heteroatoms. The van der Waals surface area contributed by atoms with Gasteiger partial charge in [0.25, 0.3) is 5.91 Å². The number of carbonyl (C=O) groups is 1. The van der Waals surface area contributed by atoms with E-state index in [1.54, 1.807) is 11.3 Å². The van der Waals surface area contributed by atoms with Crippen molar-refractivity contribution in [3.05, 3.63) is 55.3 Å². The van der Waals surface area contributed by atoms with Gasteiger partial charge in [-0.05, 0) is 77.1 Å². The van der Waals surface area contributed by atoms with E-state index in [4.69, 9.17) is 0 Å². The summed E-state index contributed by atoms with van der Waals surface area (Å²) in [4.78, 5) is 13.7. The van der Waals surface area contributed by atoms with Gasteiger partial charge in [-0.15, -0.1) is 11.3 Å². The third-order valence-electron chi connectivity index (χ3n) is 3.44. The van der Waals surface area contributed by atoms with Crippen molar-refractivity contribution in [2.45, 2.75) is 25.3 Å². The fourth-order valence-corrected chi connectivity index (χ4v) is 4.04. The lowest BCUT2D eigenvalue weighted by atomic mass is 9.94. The molecule has 0 saturated heterocycles. The third kappa shape index (κ3) is 2.84. The first-order valence-corrected chi connectivity index (χ1v) is 8.32. The standard InChI is InChI=1S/C15H14INOS/c16-11-4-1-3-10(9-11)15(18)17-13-5-2-6-14-12(13)7-8-19-14/h1,3-4,7-9,13H,2,5-6H2,(H,17,18). The number of rotatable bonds is 2. The van der Waals surface area contributed by atoms with E-state index in [0.717, 1.165) is 28.4 Å². The van der Waals surface area contributed by atoms with Crippen LogP contribution in [0.2, 0.25) is 0 Å². The number of fused-ring (bicyclic) bond motifs is 1. The van der Waals surface area contributed by atoms with Crippen LogP contribution < -0.4 is 5.32 Å². The molecule has 1 heterocycles. The fourth-order valence-electron chi connectivity index (χ4n) is 2.51. The topological polar surface area (TPSA) is 29.1 Å². The van der Waals surface area contributed by atoms with E-state index in [1.165, 1.54) is 10.4 Å². The summed E-state index contributed by atoms with van der Waals surface area (Å²) >= 11 is 4.03. The van der Waals surface area contributed by atoms with Crippen LogP contribution in [0.4, 0.5) is 0 Å². The Hall–Kier alpha value is -0.880. The minimum absolute atomic E-state index is 0.0302. The van der Waals surface area contributed by atoms with E-state index in [9.17, 15) is 4.79 Å². The van der Waals surface area contributed by atoms with Crippen molar-refractivity contribution < 1.29 is 4.79 Å². The van der Waals surface area contributed by atoms with Crippen LogP contribution in [-0.2, 0) is 6.42 Å². The highest BCUT2D eigenvalue weighted by atomic mass is 127. The molecule has 1 aromatic carbocycles. The lowest BCUT2D eigenvalue weighted by Crippen LogP contribution is -2.30. The molecule has 0 radical (unpaired) electrons. The largest absolute Gasteiger partial charge is 0.345 e. The maximum absolute atomic E-state index is 12.3. The molecule has 0 aliphatic heterocycles. The highest BCUT2D eigenvalue weighted by molar-refractivity contribution is 14.1. The second kappa shape index (κ2) is 5.63. The number of amides is 1. The Balaban J connectivity index is 1.78. The Morgan fingerprint density at radius 1 is 1.37 bits per heavy atom. The van der Waals surface area contributed by atoms with Gasteiger partial charge in [0, 0.05) is 14.0 Å². The SMILES string of the molecule is O=C(NC1CCCc2sccc21)c1cccc(I)c1. The lowest BCUT2D eigenvalue weighted by Gasteiger charge is -2.23. The van der Waals surface area contributed by atoms with Gasteiger partial charge in [0.1, 0.15) is 0 Å². The number of carbonyl (C=O) groups excluding carboxylic acids is 1. The van der Waals surface area contributed by atoms with Gasteiger partial charge in [0.15, 0.2) is 0 Å². The zero-order valence-electron chi connectivity index (χ0n) is 10.4. The van der Waals surface area contributed by atoms with Crippen molar-refractivity contribution in [1.82, 2.24) is 5.32 Å². The van der Waals surface area contributed by atoms with E-state index >= 15 is 0 Å². The molecule has 1 aliphatic rings. The van der Waals surface area contributed by atoms with Crippen LogP contribution in [0.3, 0.4) is 0 Å². The average molecular weight is 383 g/mol. The lowest BCUT2D eigenvalue weighted by molar-refractivity contribution is 0.0933. The maximum Gasteiger partial charge on any atom is 0.251 e. The molecule has 1 N–H and O–H groups in total. The normalized spacial score (nSPS) is 17.8. The predicted octanol–water partition coefficient (Wildman–Crippen LogP) is 4.16. The van der Waals surface area contributed by atoms with Gasteiger partial charge in [0.2, 0.25) is 0 Å². The van der Waals surface area contributed by atoms with Crippen molar-refractivity contribution in [1.29, 1.82) is 0 Å². The second-order valence-corrected chi connectivity index (χ2v) is 6.97. The van der Waals surface area contributed by atoms with Crippen molar-refractivity contribution in [2.24, 2.45) is 0 Å². The molecular weight excluding hydrogens is 369 g/mol. The Morgan fingerprint density at radius 2 is 2.26 bits per heavy atom. The number of halogens is 1. The summed E-state index contributed by atoms with van der Waals surface area (Å²) < 4.78 is 1.09. The molecule has 0 fully saturated rings. The van der Waals surface area contributed by atoms with Gasteiger partial charge in [-0.1, -0.05) is 6.07 Å². The minimum Gasteiger partial charge on any atom is -0.345 e. The molecule has 0 saturated carbocycles. The first-order valence-electron chi connectivity index (χ1n) is 6.37. The van der Waals surface area contributed by atoms with E-state index in [2.05, 4.69) is 39.4 Å². The van der Waals surface area contributed by atoms with Crippen LogP contribution in [0.1, 0.15) is 39.7 Å². The second-order valence-electron chi connectivity index (χ2n) is 4.73. The number of nitrogens with one attached hydrogen (secondary N) is 1. The zero-order valence-corrected chi connectivity index (χ0v) is 13.3. The van der Waals surface area contributed by atoms with E-state index in [1.807, 2.05) is 24.3 Å². The van der Waals surface area contributed by atoms with Gasteiger partial charge in [-0.2, -0.15) is 0 Å². The number of benzene rings is 1. The summed E-state index contributed by atoms with van der Waals surface area (Å²) in [6, 6.07) is 10.0. The Labute approximate surface area is 130 Å². The summed E-state index contributed by atoms with van der Waals surface area (Å²) in [6.45, 7) is 0. The Morgan fingerprint density at radius 3 is 3.11 bits per heavy atom. The minimum atomic E-state index is 0.0302. The molecule has 3 rings (SSSR count). The highest BCUT2D eigenvalue weighted by Gasteiger charge is 2.23. The van der Waals surface area contributed by atoms with Gasteiger partial charge in [0.05, 0.1) is 6.04 Å². The van der Waals surface area contributed by atoms with Crippen LogP contribution >= 0.6 is 33.9 Å². The molecule has 1 aromatic heterocycles. The summed E-state index contributed by atoms with van der Waals surface area (Å²) in [7, 11) is 0. The van der Waals surface area contributed by atoms with E-state index in [0.29, 0.717) is 0 Å². The molecule has 1 atom stereocenters. The van der Waals surface area contributed by atoms with Gasteiger partial charge in [-0.25, -0.2) is 0 Å². The quantitative estimate of drug-likeness (QED) is 0.776. The monoisotopic (exact) mass is 383 g/mol. The molecular formula is C15H14INOS. The highest BCUT2D eigenvalue weighted by Crippen LogP contribution is 2.33. The van der Waals surface area contributed by atoms with Gasteiger partial charge < -0.3 is 5.32 Å². The van der Waals surface area contributed by atoms with Crippen LogP contribution in [0, 0.1) is 3.57 Å². The molecule has 2 nitrogen and oxygen atoms in total. The molecule has 1 amide bonds. The third-order valence-corrected chi connectivity index (χ3v) is 5.11. The summed E-state index contributed by atoms with van der Waals surface area (Å²) in [5, 5.41) is 5.29. The summed E-state index contributed by atoms with van der Waals surface area (Å²) in [6.07, 6.45) is 3.35. The number of hydrogen-bond donors (Lipinski definition) is 1. The fraction of sp³-hybridized carbons (Fsp3) is 0.267. The average Bonchev–Trinajstić information content (AvgIpc) is 2.88. The molecule has 0 spiro atoms. The van der Waals surface area contributed by atoms with Crippen molar-refractivity contribution in [3.8, 4) is 0 Å². The molecule has 19 heavy (non-hydrogen) atoms. The van der Waals surface area contributed by atoms with Crippen molar-refractivity contribution in [2.75, 3.05) is 0 Å². The molecule has 1 aliphatic carbocycles. The first kappa shape index (κ1) is 13.1. The molecule has 0 bridgehead atoms. The molecule has 98 valence electrons. The van der Waals surface area contributed by atoms with Crippen LogP contribution in [0.15, 0.2) is 35.7 Å². The first-order chi connectivity index (χ1) is 9.24. The van der Waals surface area contributed by atoms with Crippen LogP contribution in [0.25, 0.3) is 0 Å². The van der Waals surface area contributed by atoms with Gasteiger partial charge in [-0.3, -0.25) is 4.79 Å². The Bertz CT molecular complexity index is 608.